The summed E-state index contributed by atoms with van der Waals surface area (Å²) in [6, 6.07) is 19.0. The van der Waals surface area contributed by atoms with Crippen molar-refractivity contribution in [1.82, 2.24) is 14.5 Å². The second-order valence-corrected chi connectivity index (χ2v) is 5.31. The molecule has 4 aromatic rings. The van der Waals surface area contributed by atoms with Crippen molar-refractivity contribution in [3.8, 4) is 5.69 Å². The minimum Gasteiger partial charge on any atom is -0.306 e. The van der Waals surface area contributed by atoms with Gasteiger partial charge in [0.2, 0.25) is 0 Å². The predicted molar refractivity (Wildman–Crippen MR) is 88.1 cm³/mol. The number of fused-ring (bicyclic) bond motifs is 1. The highest BCUT2D eigenvalue weighted by molar-refractivity contribution is 5.79. The van der Waals surface area contributed by atoms with E-state index in [1.54, 1.807) is 6.20 Å². The molecule has 2 aromatic carbocycles. The maximum Gasteiger partial charge on any atom is 0.0991 e. The Kier molecular flexibility index (Phi) is 3.16. The molecule has 0 saturated carbocycles. The maximum atomic E-state index is 4.38. The highest BCUT2D eigenvalue weighted by Gasteiger charge is 2.05. The number of nitrogens with zero attached hydrogens (tertiary/aromatic N) is 3. The monoisotopic (exact) mass is 285 g/mol. The first-order valence-corrected chi connectivity index (χ1v) is 7.30. The molecule has 22 heavy (non-hydrogen) atoms. The fraction of sp³-hybridized carbons (Fsp3) is 0.0526. The van der Waals surface area contributed by atoms with E-state index in [-0.39, 0.29) is 0 Å². The average molecular weight is 285 g/mol. The lowest BCUT2D eigenvalue weighted by atomic mass is 10.0. The molecule has 0 saturated heterocycles. The van der Waals surface area contributed by atoms with Crippen LogP contribution < -0.4 is 0 Å². The number of hydrogen-bond acceptors (Lipinski definition) is 2. The predicted octanol–water partition coefficient (Wildman–Crippen LogP) is 4.01. The Balaban J connectivity index is 1.73. The van der Waals surface area contributed by atoms with Gasteiger partial charge >= 0.3 is 0 Å². The molecule has 0 atom stereocenters. The van der Waals surface area contributed by atoms with Crippen LogP contribution in [0.1, 0.15) is 11.1 Å². The van der Waals surface area contributed by atoms with Crippen LogP contribution in [0.2, 0.25) is 0 Å². The van der Waals surface area contributed by atoms with Crippen LogP contribution in [0.15, 0.2) is 79.5 Å². The molecule has 0 fully saturated rings. The van der Waals surface area contributed by atoms with E-state index >= 15 is 0 Å². The summed E-state index contributed by atoms with van der Waals surface area (Å²) >= 11 is 0. The van der Waals surface area contributed by atoms with Crippen LogP contribution in [0.5, 0.6) is 0 Å². The number of pyridine rings is 1. The van der Waals surface area contributed by atoms with E-state index < -0.39 is 0 Å². The Hall–Kier alpha value is -2.94. The van der Waals surface area contributed by atoms with Crippen LogP contribution in [-0.2, 0) is 6.42 Å². The van der Waals surface area contributed by atoms with Crippen LogP contribution >= 0.6 is 0 Å². The molecule has 2 heterocycles. The van der Waals surface area contributed by atoms with Crippen LogP contribution in [0.3, 0.4) is 0 Å². The summed E-state index contributed by atoms with van der Waals surface area (Å²) in [7, 11) is 0. The highest BCUT2D eigenvalue weighted by Crippen LogP contribution is 2.20. The molecule has 106 valence electrons. The lowest BCUT2D eigenvalue weighted by Crippen LogP contribution is -1.98. The van der Waals surface area contributed by atoms with Gasteiger partial charge in [-0.05, 0) is 41.8 Å². The number of rotatable bonds is 3. The minimum atomic E-state index is 0.888. The lowest BCUT2D eigenvalue weighted by Gasteiger charge is -2.10. The fourth-order valence-electron chi connectivity index (χ4n) is 2.77. The van der Waals surface area contributed by atoms with E-state index in [9.17, 15) is 0 Å². The van der Waals surface area contributed by atoms with Crippen LogP contribution in [0, 0.1) is 0 Å². The van der Waals surface area contributed by atoms with Crippen molar-refractivity contribution in [2.45, 2.75) is 6.42 Å². The molecule has 0 N–H and O–H groups in total. The zero-order chi connectivity index (χ0) is 14.8. The van der Waals surface area contributed by atoms with Crippen molar-refractivity contribution >= 4 is 10.9 Å². The topological polar surface area (TPSA) is 30.7 Å². The van der Waals surface area contributed by atoms with Gasteiger partial charge in [0.05, 0.1) is 11.8 Å². The molecule has 4 rings (SSSR count). The number of aromatic nitrogens is 3. The number of para-hydroxylation sites is 1. The molecule has 0 bridgehead atoms. The van der Waals surface area contributed by atoms with Gasteiger partial charge in [0.25, 0.3) is 0 Å². The van der Waals surface area contributed by atoms with Crippen molar-refractivity contribution in [3.63, 3.8) is 0 Å². The Morgan fingerprint density at radius 3 is 2.77 bits per heavy atom. The SMILES string of the molecule is c1ccc(-n2ccnc2)c(Cc2ccc3ncccc3c2)c1. The summed E-state index contributed by atoms with van der Waals surface area (Å²) in [5.41, 5.74) is 4.78. The van der Waals surface area contributed by atoms with Gasteiger partial charge in [-0.15, -0.1) is 0 Å². The molecule has 0 aliphatic heterocycles. The molecule has 0 aliphatic carbocycles. The highest BCUT2D eigenvalue weighted by atomic mass is 15.0. The van der Waals surface area contributed by atoms with Gasteiger partial charge in [0.1, 0.15) is 0 Å². The van der Waals surface area contributed by atoms with E-state index in [1.165, 1.54) is 22.2 Å². The second-order valence-electron chi connectivity index (χ2n) is 5.31. The van der Waals surface area contributed by atoms with Crippen molar-refractivity contribution < 1.29 is 0 Å². The van der Waals surface area contributed by atoms with Crippen molar-refractivity contribution in [2.75, 3.05) is 0 Å². The summed E-state index contributed by atoms with van der Waals surface area (Å²) < 4.78 is 2.05. The zero-order valence-corrected chi connectivity index (χ0v) is 12.1. The second kappa shape index (κ2) is 5.45. The van der Waals surface area contributed by atoms with E-state index in [1.807, 2.05) is 24.8 Å². The number of hydrogen-bond donors (Lipinski definition) is 0. The third-order valence-electron chi connectivity index (χ3n) is 3.84. The van der Waals surface area contributed by atoms with Crippen LogP contribution in [0.25, 0.3) is 16.6 Å². The van der Waals surface area contributed by atoms with Gasteiger partial charge in [-0.2, -0.15) is 0 Å². The fourth-order valence-corrected chi connectivity index (χ4v) is 2.77. The molecule has 0 aliphatic rings. The van der Waals surface area contributed by atoms with E-state index in [4.69, 9.17) is 0 Å². The van der Waals surface area contributed by atoms with Crippen LogP contribution in [0.4, 0.5) is 0 Å². The van der Waals surface area contributed by atoms with Gasteiger partial charge in [0.15, 0.2) is 0 Å². The van der Waals surface area contributed by atoms with Gasteiger partial charge in [-0.25, -0.2) is 4.98 Å². The Bertz CT molecular complexity index is 911. The molecular formula is C19H15N3. The molecule has 0 amide bonds. The summed E-state index contributed by atoms with van der Waals surface area (Å²) in [5, 5.41) is 1.18. The zero-order valence-electron chi connectivity index (χ0n) is 12.1. The van der Waals surface area contributed by atoms with Crippen molar-refractivity contribution in [2.24, 2.45) is 0 Å². The average Bonchev–Trinajstić information content (AvgIpc) is 3.10. The summed E-state index contributed by atoms with van der Waals surface area (Å²) in [6.07, 6.45) is 8.33. The third kappa shape index (κ3) is 2.37. The molecule has 0 radical (unpaired) electrons. The number of imidazole rings is 1. The van der Waals surface area contributed by atoms with Gasteiger partial charge in [-0.3, -0.25) is 4.98 Å². The Labute approximate surface area is 128 Å². The summed E-state index contributed by atoms with van der Waals surface area (Å²) in [5.74, 6) is 0. The van der Waals surface area contributed by atoms with E-state index in [0.29, 0.717) is 0 Å². The largest absolute Gasteiger partial charge is 0.306 e. The first-order chi connectivity index (χ1) is 10.9. The molecule has 2 aromatic heterocycles. The maximum absolute atomic E-state index is 4.38. The van der Waals surface area contributed by atoms with Gasteiger partial charge < -0.3 is 4.57 Å². The van der Waals surface area contributed by atoms with Crippen molar-refractivity contribution in [3.05, 3.63) is 90.6 Å². The van der Waals surface area contributed by atoms with Crippen LogP contribution in [-0.4, -0.2) is 14.5 Å². The minimum absolute atomic E-state index is 0.888. The van der Waals surface area contributed by atoms with E-state index in [2.05, 4.69) is 63.1 Å². The van der Waals surface area contributed by atoms with Gasteiger partial charge in [-0.1, -0.05) is 30.3 Å². The van der Waals surface area contributed by atoms with Crippen molar-refractivity contribution in [1.29, 1.82) is 0 Å². The smallest absolute Gasteiger partial charge is 0.0991 e. The normalized spacial score (nSPS) is 10.9. The quantitative estimate of drug-likeness (QED) is 0.569. The molecule has 3 heteroatoms. The third-order valence-corrected chi connectivity index (χ3v) is 3.84. The number of benzene rings is 2. The molecular weight excluding hydrogens is 270 g/mol. The van der Waals surface area contributed by atoms with E-state index in [0.717, 1.165) is 11.9 Å². The first-order valence-electron chi connectivity index (χ1n) is 7.30. The lowest BCUT2D eigenvalue weighted by molar-refractivity contribution is 1.02. The van der Waals surface area contributed by atoms with Gasteiger partial charge in [0, 0.05) is 29.7 Å². The Morgan fingerprint density at radius 2 is 1.86 bits per heavy atom. The Morgan fingerprint density at radius 1 is 0.909 bits per heavy atom. The summed E-state index contributed by atoms with van der Waals surface area (Å²) in [6.45, 7) is 0. The molecule has 3 nitrogen and oxygen atoms in total. The molecule has 0 spiro atoms. The first kappa shape index (κ1) is 12.8. The standard InChI is InChI=1S/C19H15N3/c1-2-6-19(22-11-10-20-14-22)17(4-1)13-15-7-8-18-16(12-15)5-3-9-21-18/h1-12,14H,13H2. The molecule has 0 unspecified atom stereocenters. The summed E-state index contributed by atoms with van der Waals surface area (Å²) in [4.78, 5) is 8.52.